The Hall–Kier alpha value is -0.500. The number of Topliss-reactive ketones (excluding diaryl/α,β-unsaturated/α-hetero) is 1. The van der Waals surface area contributed by atoms with Gasteiger partial charge in [0.25, 0.3) is 5.69 Å². The molecule has 0 amide bonds. The highest BCUT2D eigenvalue weighted by atomic mass is 127. The molecule has 0 saturated heterocycles. The van der Waals surface area contributed by atoms with Crippen LogP contribution in [0.3, 0.4) is 0 Å². The number of nitro benzene ring substituents is 1. The van der Waals surface area contributed by atoms with Crippen LogP contribution in [0.1, 0.15) is 5.56 Å². The molecule has 0 aliphatic rings. The molecule has 80 valence electrons. The van der Waals surface area contributed by atoms with Crippen molar-refractivity contribution in [3.8, 4) is 0 Å². The molecule has 15 heavy (non-hydrogen) atoms. The average Bonchev–Trinajstić information content (AvgIpc) is 2.20. The van der Waals surface area contributed by atoms with Crippen molar-refractivity contribution in [2.24, 2.45) is 0 Å². The minimum Gasteiger partial charge on any atom is -0.298 e. The summed E-state index contributed by atoms with van der Waals surface area (Å²) in [5, 5.41) is 10.9. The normalized spacial score (nSPS) is 10.0. The van der Waals surface area contributed by atoms with Crippen molar-refractivity contribution in [2.75, 3.05) is 5.33 Å². The number of carbonyl (C=O) groups excluding carboxylic acids is 1. The lowest BCUT2D eigenvalue weighted by molar-refractivity contribution is -0.385. The van der Waals surface area contributed by atoms with E-state index in [1.165, 1.54) is 6.07 Å². The summed E-state index contributed by atoms with van der Waals surface area (Å²) < 4.78 is 0.786. The zero-order valence-corrected chi connectivity index (χ0v) is 11.3. The zero-order valence-electron chi connectivity index (χ0n) is 7.57. The second kappa shape index (κ2) is 5.55. The first-order valence-corrected chi connectivity index (χ1v) is 6.25. The maximum Gasteiger partial charge on any atom is 0.274 e. The van der Waals surface area contributed by atoms with Gasteiger partial charge in [0.2, 0.25) is 0 Å². The topological polar surface area (TPSA) is 60.2 Å². The Balaban J connectivity index is 3.06. The highest BCUT2D eigenvalue weighted by Gasteiger charge is 2.16. The third-order valence-corrected chi connectivity index (χ3v) is 3.08. The molecule has 0 aromatic heterocycles. The van der Waals surface area contributed by atoms with Gasteiger partial charge in [-0.1, -0.05) is 22.0 Å². The summed E-state index contributed by atoms with van der Waals surface area (Å²) in [5.74, 6) is -0.0701. The van der Waals surface area contributed by atoms with Crippen LogP contribution in [-0.2, 0) is 11.2 Å². The lowest BCUT2D eigenvalue weighted by Crippen LogP contribution is -2.06. The highest BCUT2D eigenvalue weighted by molar-refractivity contribution is 14.1. The van der Waals surface area contributed by atoms with Crippen LogP contribution in [0.5, 0.6) is 0 Å². The molecule has 4 nitrogen and oxygen atoms in total. The van der Waals surface area contributed by atoms with Gasteiger partial charge in [-0.25, -0.2) is 0 Å². The smallest absolute Gasteiger partial charge is 0.274 e. The number of rotatable bonds is 4. The molecular weight excluding hydrogens is 377 g/mol. The minimum absolute atomic E-state index is 0.0104. The van der Waals surface area contributed by atoms with Crippen LogP contribution < -0.4 is 0 Å². The lowest BCUT2D eigenvalue weighted by Gasteiger charge is -2.01. The van der Waals surface area contributed by atoms with Gasteiger partial charge in [0, 0.05) is 21.6 Å². The third-order valence-electron chi connectivity index (χ3n) is 1.78. The summed E-state index contributed by atoms with van der Waals surface area (Å²) in [5.41, 5.74) is 0.473. The van der Waals surface area contributed by atoms with Gasteiger partial charge in [-0.15, -0.1) is 0 Å². The molecule has 0 fully saturated rings. The van der Waals surface area contributed by atoms with Crippen molar-refractivity contribution in [1.29, 1.82) is 0 Å². The van der Waals surface area contributed by atoms with E-state index < -0.39 is 4.92 Å². The van der Waals surface area contributed by atoms with Crippen molar-refractivity contribution < 1.29 is 9.72 Å². The summed E-state index contributed by atoms with van der Waals surface area (Å²) >= 11 is 5.03. The number of hydrogen-bond acceptors (Lipinski definition) is 3. The van der Waals surface area contributed by atoms with Crippen molar-refractivity contribution in [2.45, 2.75) is 6.42 Å². The van der Waals surface area contributed by atoms with Crippen LogP contribution in [0.4, 0.5) is 5.69 Å². The van der Waals surface area contributed by atoms with E-state index >= 15 is 0 Å². The maximum atomic E-state index is 11.2. The fourth-order valence-electron chi connectivity index (χ4n) is 1.12. The molecule has 0 bridgehead atoms. The third kappa shape index (κ3) is 3.53. The Morgan fingerprint density at radius 1 is 1.53 bits per heavy atom. The van der Waals surface area contributed by atoms with Crippen LogP contribution in [0.15, 0.2) is 18.2 Å². The zero-order chi connectivity index (χ0) is 11.4. The van der Waals surface area contributed by atoms with E-state index in [2.05, 4.69) is 15.9 Å². The summed E-state index contributed by atoms with van der Waals surface area (Å²) in [4.78, 5) is 21.4. The van der Waals surface area contributed by atoms with E-state index in [0.717, 1.165) is 3.57 Å². The van der Waals surface area contributed by atoms with Crippen molar-refractivity contribution in [1.82, 2.24) is 0 Å². The van der Waals surface area contributed by atoms with E-state index in [1.807, 2.05) is 22.6 Å². The van der Waals surface area contributed by atoms with E-state index in [9.17, 15) is 14.9 Å². The summed E-state index contributed by atoms with van der Waals surface area (Å²) in [6, 6.07) is 4.85. The molecule has 0 spiro atoms. The predicted octanol–water partition coefficient (Wildman–Crippen LogP) is 2.71. The molecule has 0 radical (unpaired) electrons. The van der Waals surface area contributed by atoms with Gasteiger partial charge in [0.05, 0.1) is 10.3 Å². The number of halogens is 2. The number of nitro groups is 1. The number of ketones is 1. The number of nitrogens with zero attached hydrogens (tertiary/aromatic N) is 1. The standard InChI is InChI=1S/C9H7BrINO3/c10-5-8(13)3-6-1-2-7(11)4-9(6)12(14)15/h1-2,4H,3,5H2. The van der Waals surface area contributed by atoms with E-state index in [-0.39, 0.29) is 23.2 Å². The summed E-state index contributed by atoms with van der Waals surface area (Å²) in [6.45, 7) is 0. The van der Waals surface area contributed by atoms with Crippen LogP contribution in [0.2, 0.25) is 0 Å². The SMILES string of the molecule is O=C(CBr)Cc1ccc(I)cc1[N+](=O)[O-]. The van der Waals surface area contributed by atoms with Crippen molar-refractivity contribution in [3.63, 3.8) is 0 Å². The highest BCUT2D eigenvalue weighted by Crippen LogP contribution is 2.22. The van der Waals surface area contributed by atoms with Crippen LogP contribution in [-0.4, -0.2) is 16.0 Å². The van der Waals surface area contributed by atoms with Crippen molar-refractivity contribution >= 4 is 50.0 Å². The average molecular weight is 384 g/mol. The molecule has 0 atom stereocenters. The van der Waals surface area contributed by atoms with Gasteiger partial charge >= 0.3 is 0 Å². The predicted molar refractivity (Wildman–Crippen MR) is 68.3 cm³/mol. The fourth-order valence-corrected chi connectivity index (χ4v) is 1.79. The molecule has 0 N–H and O–H groups in total. The van der Waals surface area contributed by atoms with E-state index in [1.54, 1.807) is 12.1 Å². The minimum atomic E-state index is -0.459. The first kappa shape index (κ1) is 12.6. The second-order valence-electron chi connectivity index (χ2n) is 2.88. The molecule has 1 aromatic carbocycles. The lowest BCUT2D eigenvalue weighted by atomic mass is 10.1. The molecule has 1 rings (SSSR count). The van der Waals surface area contributed by atoms with Gasteiger partial charge in [0.15, 0.2) is 0 Å². The molecule has 0 unspecified atom stereocenters. The Morgan fingerprint density at radius 2 is 2.20 bits per heavy atom. The number of benzene rings is 1. The number of carbonyl (C=O) groups is 1. The van der Waals surface area contributed by atoms with Crippen LogP contribution in [0.25, 0.3) is 0 Å². The number of hydrogen-bond donors (Lipinski definition) is 0. The monoisotopic (exact) mass is 383 g/mol. The quantitative estimate of drug-likeness (QED) is 0.347. The van der Waals surface area contributed by atoms with Gasteiger partial charge in [-0.3, -0.25) is 14.9 Å². The molecule has 0 aliphatic carbocycles. The molecule has 0 saturated carbocycles. The first-order valence-electron chi connectivity index (χ1n) is 4.05. The second-order valence-corrected chi connectivity index (χ2v) is 4.69. The van der Waals surface area contributed by atoms with E-state index in [4.69, 9.17) is 0 Å². The number of alkyl halides is 1. The van der Waals surface area contributed by atoms with Gasteiger partial charge in [-0.05, 0) is 28.7 Å². The fraction of sp³-hybridized carbons (Fsp3) is 0.222. The maximum absolute atomic E-state index is 11.2. The van der Waals surface area contributed by atoms with E-state index in [0.29, 0.717) is 5.56 Å². The van der Waals surface area contributed by atoms with Crippen molar-refractivity contribution in [3.05, 3.63) is 37.4 Å². The first-order chi connectivity index (χ1) is 7.04. The summed E-state index contributed by atoms with van der Waals surface area (Å²) in [6.07, 6.45) is 0.0957. The summed E-state index contributed by atoms with van der Waals surface area (Å²) in [7, 11) is 0. The molecule has 0 aliphatic heterocycles. The Bertz CT molecular complexity index is 408. The largest absolute Gasteiger partial charge is 0.298 e. The molecular formula is C9H7BrINO3. The molecule has 6 heteroatoms. The Kier molecular flexibility index (Phi) is 4.65. The van der Waals surface area contributed by atoms with Gasteiger partial charge < -0.3 is 0 Å². The molecule has 0 heterocycles. The molecule has 1 aromatic rings. The Morgan fingerprint density at radius 3 is 2.73 bits per heavy atom. The van der Waals surface area contributed by atoms with Gasteiger partial charge in [-0.2, -0.15) is 0 Å². The van der Waals surface area contributed by atoms with Crippen LogP contribution >= 0.6 is 38.5 Å². The Labute approximate surface area is 108 Å². The van der Waals surface area contributed by atoms with Gasteiger partial charge in [0.1, 0.15) is 5.78 Å². The van der Waals surface area contributed by atoms with Crippen LogP contribution in [0, 0.1) is 13.7 Å².